The monoisotopic (exact) mass is 331 g/mol. The number of H-pyrrole nitrogens is 1. The fourth-order valence-corrected chi connectivity index (χ4v) is 2.74. The molecule has 1 unspecified atom stereocenters. The van der Waals surface area contributed by atoms with Crippen molar-refractivity contribution in [2.24, 2.45) is 5.92 Å². The van der Waals surface area contributed by atoms with E-state index in [0.717, 1.165) is 24.9 Å². The second-order valence-electron chi connectivity index (χ2n) is 5.84. The Morgan fingerprint density at radius 2 is 2.17 bits per heavy atom. The van der Waals surface area contributed by atoms with Crippen LogP contribution in [0.5, 0.6) is 0 Å². The molecule has 1 N–H and O–H groups in total. The normalized spacial score (nSPS) is 17.7. The highest BCUT2D eigenvalue weighted by molar-refractivity contribution is 5.67. The zero-order valence-electron chi connectivity index (χ0n) is 13.4. The van der Waals surface area contributed by atoms with Gasteiger partial charge in [0, 0.05) is 19.0 Å². The van der Waals surface area contributed by atoms with Gasteiger partial charge in [-0.2, -0.15) is 5.21 Å². The van der Waals surface area contributed by atoms with E-state index in [4.69, 9.17) is 9.47 Å². The highest BCUT2D eigenvalue weighted by atomic mass is 16.6. The first-order valence-corrected chi connectivity index (χ1v) is 8.07. The minimum atomic E-state index is -0.262. The third-order valence-corrected chi connectivity index (χ3v) is 3.96. The van der Waals surface area contributed by atoms with E-state index in [1.165, 1.54) is 0 Å². The van der Waals surface area contributed by atoms with E-state index in [-0.39, 0.29) is 6.09 Å². The number of piperidine rings is 1. The number of aromatic amines is 1. The number of hydrogen-bond donors (Lipinski definition) is 1. The van der Waals surface area contributed by atoms with Gasteiger partial charge in [0.05, 0.1) is 6.61 Å². The van der Waals surface area contributed by atoms with Crippen molar-refractivity contribution in [2.75, 3.05) is 19.7 Å². The minimum Gasteiger partial charge on any atom is -0.445 e. The van der Waals surface area contributed by atoms with Crippen molar-refractivity contribution in [1.82, 2.24) is 25.5 Å². The number of rotatable bonds is 6. The Kier molecular flexibility index (Phi) is 5.73. The van der Waals surface area contributed by atoms with Crippen molar-refractivity contribution < 1.29 is 14.3 Å². The lowest BCUT2D eigenvalue weighted by molar-refractivity contribution is 0.0386. The second kappa shape index (κ2) is 8.39. The van der Waals surface area contributed by atoms with Gasteiger partial charge >= 0.3 is 6.09 Å². The molecule has 1 saturated heterocycles. The average Bonchev–Trinajstić information content (AvgIpc) is 3.14. The number of tetrazole rings is 1. The number of aromatic nitrogens is 4. The molecule has 8 heteroatoms. The Bertz CT molecular complexity index is 620. The van der Waals surface area contributed by atoms with Gasteiger partial charge in [-0.25, -0.2) is 4.79 Å². The van der Waals surface area contributed by atoms with E-state index >= 15 is 0 Å². The van der Waals surface area contributed by atoms with Gasteiger partial charge in [-0.1, -0.05) is 35.5 Å². The minimum absolute atomic E-state index is 0.262. The van der Waals surface area contributed by atoms with E-state index in [9.17, 15) is 4.79 Å². The number of nitrogens with zero attached hydrogens (tertiary/aromatic N) is 4. The Morgan fingerprint density at radius 3 is 2.96 bits per heavy atom. The van der Waals surface area contributed by atoms with Gasteiger partial charge < -0.3 is 14.4 Å². The van der Waals surface area contributed by atoms with Gasteiger partial charge in [-0.15, -0.1) is 10.2 Å². The molecule has 2 heterocycles. The highest BCUT2D eigenvalue weighted by Gasteiger charge is 2.24. The van der Waals surface area contributed by atoms with Crippen molar-refractivity contribution in [3.05, 3.63) is 41.7 Å². The summed E-state index contributed by atoms with van der Waals surface area (Å²) in [5.74, 6) is 0.833. The van der Waals surface area contributed by atoms with E-state index in [1.54, 1.807) is 4.90 Å². The van der Waals surface area contributed by atoms with Gasteiger partial charge in [0.25, 0.3) is 0 Å². The van der Waals surface area contributed by atoms with Crippen LogP contribution in [0.25, 0.3) is 0 Å². The molecule has 3 rings (SSSR count). The maximum atomic E-state index is 12.2. The van der Waals surface area contributed by atoms with Crippen LogP contribution in [0.1, 0.15) is 24.2 Å². The molecule has 1 atom stereocenters. The quantitative estimate of drug-likeness (QED) is 0.867. The van der Waals surface area contributed by atoms with Crippen molar-refractivity contribution in [3.8, 4) is 0 Å². The average molecular weight is 331 g/mol. The van der Waals surface area contributed by atoms with Gasteiger partial charge in [0.1, 0.15) is 13.2 Å². The number of ether oxygens (including phenoxy) is 2. The molecule has 0 saturated carbocycles. The van der Waals surface area contributed by atoms with Crippen molar-refractivity contribution >= 4 is 6.09 Å². The summed E-state index contributed by atoms with van der Waals surface area (Å²) in [6.45, 7) is 2.58. The molecule has 1 fully saturated rings. The molecule has 8 nitrogen and oxygen atoms in total. The lowest BCUT2D eigenvalue weighted by atomic mass is 9.99. The van der Waals surface area contributed by atoms with E-state index in [2.05, 4.69) is 20.6 Å². The number of benzene rings is 1. The summed E-state index contributed by atoms with van der Waals surface area (Å²) in [6, 6.07) is 9.69. The standard InChI is InChI=1S/C16H21N5O3/c22-16(24-11-13-5-2-1-3-6-13)21-8-4-7-14(9-21)10-23-12-15-17-19-20-18-15/h1-3,5-6,14H,4,7-12H2,(H,17,18,19,20). The predicted molar refractivity (Wildman–Crippen MR) is 84.8 cm³/mol. The largest absolute Gasteiger partial charge is 0.445 e. The molecule has 0 aliphatic carbocycles. The van der Waals surface area contributed by atoms with Gasteiger partial charge in [-0.3, -0.25) is 0 Å². The molecule has 0 radical (unpaired) electrons. The highest BCUT2D eigenvalue weighted by Crippen LogP contribution is 2.18. The summed E-state index contributed by atoms with van der Waals surface area (Å²) in [5.41, 5.74) is 0.989. The topological polar surface area (TPSA) is 93.2 Å². The third-order valence-electron chi connectivity index (χ3n) is 3.96. The lowest BCUT2D eigenvalue weighted by Gasteiger charge is -2.31. The van der Waals surface area contributed by atoms with Crippen LogP contribution in [0.3, 0.4) is 0 Å². The summed E-state index contributed by atoms with van der Waals surface area (Å²) in [6.07, 6.45) is 1.73. The molecule has 1 aromatic carbocycles. The molecular formula is C16H21N5O3. The Morgan fingerprint density at radius 1 is 1.29 bits per heavy atom. The molecular weight excluding hydrogens is 310 g/mol. The molecule has 1 aliphatic heterocycles. The summed E-state index contributed by atoms with van der Waals surface area (Å²) in [5, 5.41) is 13.5. The Hall–Kier alpha value is -2.48. The SMILES string of the molecule is O=C(OCc1ccccc1)N1CCCC(COCc2nn[nH]n2)C1. The molecule has 2 aromatic rings. The molecule has 0 bridgehead atoms. The van der Waals surface area contributed by atoms with Crippen LogP contribution in [0.15, 0.2) is 30.3 Å². The molecule has 0 spiro atoms. The first-order valence-electron chi connectivity index (χ1n) is 8.07. The number of amides is 1. The molecule has 1 amide bonds. The summed E-state index contributed by atoms with van der Waals surface area (Å²) >= 11 is 0. The summed E-state index contributed by atoms with van der Waals surface area (Å²) < 4.78 is 11.0. The second-order valence-corrected chi connectivity index (χ2v) is 5.84. The fourth-order valence-electron chi connectivity index (χ4n) is 2.74. The number of carbonyl (C=O) groups excluding carboxylic acids is 1. The predicted octanol–water partition coefficient (Wildman–Crippen LogP) is 1.77. The Labute approximate surface area is 140 Å². The molecule has 1 aromatic heterocycles. The van der Waals surface area contributed by atoms with Crippen LogP contribution in [0.2, 0.25) is 0 Å². The zero-order valence-corrected chi connectivity index (χ0v) is 13.4. The first kappa shape index (κ1) is 16.4. The van der Waals surface area contributed by atoms with Gasteiger partial charge in [-0.05, 0) is 18.4 Å². The molecule has 24 heavy (non-hydrogen) atoms. The van der Waals surface area contributed by atoms with E-state index in [0.29, 0.717) is 38.1 Å². The van der Waals surface area contributed by atoms with Crippen molar-refractivity contribution in [2.45, 2.75) is 26.1 Å². The lowest BCUT2D eigenvalue weighted by Crippen LogP contribution is -2.41. The van der Waals surface area contributed by atoms with Crippen molar-refractivity contribution in [3.63, 3.8) is 0 Å². The number of hydrogen-bond acceptors (Lipinski definition) is 6. The molecule has 1 aliphatic rings. The van der Waals surface area contributed by atoms with E-state index in [1.807, 2.05) is 30.3 Å². The van der Waals surface area contributed by atoms with Crippen molar-refractivity contribution in [1.29, 1.82) is 0 Å². The molecule has 128 valence electrons. The Balaban J connectivity index is 1.40. The number of carbonyl (C=O) groups is 1. The maximum absolute atomic E-state index is 12.2. The van der Waals surface area contributed by atoms with Crippen LogP contribution in [0, 0.1) is 5.92 Å². The number of nitrogens with one attached hydrogen (secondary N) is 1. The van der Waals surface area contributed by atoms with E-state index < -0.39 is 0 Å². The summed E-state index contributed by atoms with van der Waals surface area (Å²) in [4.78, 5) is 14.0. The van der Waals surface area contributed by atoms with Crippen LogP contribution in [-0.2, 0) is 22.7 Å². The van der Waals surface area contributed by atoms with Gasteiger partial charge in [0.2, 0.25) is 0 Å². The maximum Gasteiger partial charge on any atom is 0.410 e. The fraction of sp³-hybridized carbons (Fsp3) is 0.500. The zero-order chi connectivity index (χ0) is 16.6. The van der Waals surface area contributed by atoms with Crippen LogP contribution < -0.4 is 0 Å². The van der Waals surface area contributed by atoms with Crippen LogP contribution in [0.4, 0.5) is 4.79 Å². The van der Waals surface area contributed by atoms with Crippen LogP contribution in [-0.4, -0.2) is 51.3 Å². The van der Waals surface area contributed by atoms with Crippen LogP contribution >= 0.6 is 0 Å². The number of likely N-dealkylation sites (tertiary alicyclic amines) is 1. The van der Waals surface area contributed by atoms with Gasteiger partial charge in [0.15, 0.2) is 5.82 Å². The first-order chi connectivity index (χ1) is 11.8. The summed E-state index contributed by atoms with van der Waals surface area (Å²) in [7, 11) is 0. The third kappa shape index (κ3) is 4.76. The smallest absolute Gasteiger partial charge is 0.410 e.